The number of nitrogens with zero attached hydrogens (tertiary/aromatic N) is 1. The van der Waals surface area contributed by atoms with Gasteiger partial charge in [-0.3, -0.25) is 19.1 Å². The molecule has 0 spiro atoms. The Morgan fingerprint density at radius 2 is 1.88 bits per heavy atom. The first-order chi connectivity index (χ1) is 12.0. The number of nitrogens with one attached hydrogen (secondary N) is 2. The summed E-state index contributed by atoms with van der Waals surface area (Å²) in [6.07, 6.45) is 5.51. The molecule has 1 aliphatic rings. The maximum atomic E-state index is 13.2. The maximum absolute atomic E-state index is 13.2. The Kier molecular flexibility index (Phi) is 5.11. The number of amides is 1. The Labute approximate surface area is 143 Å². The van der Waals surface area contributed by atoms with Crippen LogP contribution in [0.2, 0.25) is 0 Å². The summed E-state index contributed by atoms with van der Waals surface area (Å²) in [5, 5.41) is 2.97. The zero-order valence-corrected chi connectivity index (χ0v) is 13.7. The van der Waals surface area contributed by atoms with Gasteiger partial charge in [0.05, 0.1) is 6.04 Å². The van der Waals surface area contributed by atoms with E-state index in [9.17, 15) is 18.8 Å². The van der Waals surface area contributed by atoms with Crippen LogP contribution >= 0.6 is 0 Å². The fourth-order valence-electron chi connectivity index (χ4n) is 3.38. The highest BCUT2D eigenvalue weighted by Gasteiger charge is 2.27. The number of halogens is 1. The number of hydrogen-bond acceptors (Lipinski definition) is 3. The second-order valence-electron chi connectivity index (χ2n) is 6.38. The average molecular weight is 345 g/mol. The molecule has 1 aliphatic carbocycles. The van der Waals surface area contributed by atoms with Crippen LogP contribution in [0.1, 0.15) is 37.3 Å². The second-order valence-corrected chi connectivity index (χ2v) is 6.38. The van der Waals surface area contributed by atoms with Gasteiger partial charge in [-0.05, 0) is 36.5 Å². The highest BCUT2D eigenvalue weighted by Crippen LogP contribution is 2.35. The first-order valence-corrected chi connectivity index (χ1v) is 8.37. The lowest BCUT2D eigenvalue weighted by Gasteiger charge is -2.25. The molecule has 0 aliphatic heterocycles. The molecule has 3 rings (SSSR count). The zero-order valence-electron chi connectivity index (χ0n) is 13.7. The van der Waals surface area contributed by atoms with Gasteiger partial charge >= 0.3 is 5.69 Å². The molecule has 0 unspecified atom stereocenters. The average Bonchev–Trinajstić information content (AvgIpc) is 3.10. The SMILES string of the molecule is O=C(Cn1ccc(=O)[nH]c1=O)N[C@H](c1ccc(F)cc1)C1CCCC1. The molecule has 132 valence electrons. The van der Waals surface area contributed by atoms with Crippen molar-refractivity contribution < 1.29 is 9.18 Å². The van der Waals surface area contributed by atoms with E-state index in [1.807, 2.05) is 0 Å². The lowest BCUT2D eigenvalue weighted by atomic mass is 9.91. The molecule has 6 nitrogen and oxygen atoms in total. The molecule has 0 radical (unpaired) electrons. The minimum absolute atomic E-state index is 0.181. The monoisotopic (exact) mass is 345 g/mol. The summed E-state index contributed by atoms with van der Waals surface area (Å²) in [4.78, 5) is 37.3. The molecule has 2 aromatic rings. The van der Waals surface area contributed by atoms with E-state index in [4.69, 9.17) is 0 Å². The molecule has 7 heteroatoms. The van der Waals surface area contributed by atoms with Crippen molar-refractivity contribution in [3.8, 4) is 0 Å². The van der Waals surface area contributed by atoms with Gasteiger partial charge in [-0.25, -0.2) is 9.18 Å². The normalized spacial score (nSPS) is 15.9. The van der Waals surface area contributed by atoms with Crippen molar-refractivity contribution in [2.75, 3.05) is 0 Å². The van der Waals surface area contributed by atoms with E-state index in [0.717, 1.165) is 35.8 Å². The van der Waals surface area contributed by atoms with Gasteiger partial charge in [0.1, 0.15) is 12.4 Å². The van der Waals surface area contributed by atoms with Crippen molar-refractivity contribution in [2.45, 2.75) is 38.3 Å². The number of hydrogen-bond donors (Lipinski definition) is 2. The summed E-state index contributed by atoms with van der Waals surface area (Å²) < 4.78 is 14.3. The summed E-state index contributed by atoms with van der Waals surface area (Å²) in [7, 11) is 0. The van der Waals surface area contributed by atoms with E-state index in [1.165, 1.54) is 24.4 Å². The van der Waals surface area contributed by atoms with Gasteiger partial charge in [0.25, 0.3) is 5.56 Å². The number of carbonyl (C=O) groups is 1. The Bertz CT molecular complexity index is 851. The highest BCUT2D eigenvalue weighted by molar-refractivity contribution is 5.76. The largest absolute Gasteiger partial charge is 0.347 e. The van der Waals surface area contributed by atoms with Crippen LogP contribution in [0.4, 0.5) is 4.39 Å². The van der Waals surface area contributed by atoms with Gasteiger partial charge in [-0.15, -0.1) is 0 Å². The number of benzene rings is 1. The van der Waals surface area contributed by atoms with Gasteiger partial charge in [0, 0.05) is 12.3 Å². The van der Waals surface area contributed by atoms with Crippen LogP contribution in [-0.2, 0) is 11.3 Å². The third kappa shape index (κ3) is 4.23. The zero-order chi connectivity index (χ0) is 17.8. The number of carbonyl (C=O) groups excluding carboxylic acids is 1. The molecule has 0 saturated heterocycles. The molecule has 1 aromatic heterocycles. The minimum atomic E-state index is -0.623. The number of H-pyrrole nitrogens is 1. The molecule has 1 atom stereocenters. The summed E-state index contributed by atoms with van der Waals surface area (Å²) in [5.74, 6) is -0.350. The Morgan fingerprint density at radius 3 is 2.52 bits per heavy atom. The summed E-state index contributed by atoms with van der Waals surface area (Å²) >= 11 is 0. The third-order valence-electron chi connectivity index (χ3n) is 4.63. The molecule has 25 heavy (non-hydrogen) atoms. The minimum Gasteiger partial charge on any atom is -0.347 e. The highest BCUT2D eigenvalue weighted by atomic mass is 19.1. The lowest BCUT2D eigenvalue weighted by molar-refractivity contribution is -0.122. The molecule has 1 aromatic carbocycles. The van der Waals surface area contributed by atoms with Crippen LogP contribution in [0.5, 0.6) is 0 Å². The van der Waals surface area contributed by atoms with E-state index >= 15 is 0 Å². The van der Waals surface area contributed by atoms with Gasteiger partial charge in [0.2, 0.25) is 5.91 Å². The van der Waals surface area contributed by atoms with E-state index < -0.39 is 11.2 Å². The van der Waals surface area contributed by atoms with Crippen molar-refractivity contribution in [2.24, 2.45) is 5.92 Å². The molecular formula is C18H20FN3O3. The summed E-state index contributed by atoms with van der Waals surface area (Å²) in [6.45, 7) is -0.181. The number of aromatic amines is 1. The fourth-order valence-corrected chi connectivity index (χ4v) is 3.38. The smallest absolute Gasteiger partial charge is 0.328 e. The molecule has 1 saturated carbocycles. The molecular weight excluding hydrogens is 325 g/mol. The Hall–Kier alpha value is -2.70. The van der Waals surface area contributed by atoms with Crippen molar-refractivity contribution in [1.29, 1.82) is 0 Å². The number of rotatable bonds is 5. The molecule has 0 bridgehead atoms. The Balaban J connectivity index is 1.77. The second kappa shape index (κ2) is 7.46. The van der Waals surface area contributed by atoms with Crippen molar-refractivity contribution in [3.05, 3.63) is 68.7 Å². The van der Waals surface area contributed by atoms with Gasteiger partial charge in [0.15, 0.2) is 0 Å². The van der Waals surface area contributed by atoms with Gasteiger partial charge in [-0.2, -0.15) is 0 Å². The van der Waals surface area contributed by atoms with Crippen LogP contribution in [0.3, 0.4) is 0 Å². The molecule has 2 N–H and O–H groups in total. The topological polar surface area (TPSA) is 84.0 Å². The molecule has 1 fully saturated rings. The fraction of sp³-hybridized carbons (Fsp3) is 0.389. The van der Waals surface area contributed by atoms with Gasteiger partial charge < -0.3 is 5.32 Å². The third-order valence-corrected chi connectivity index (χ3v) is 4.63. The summed E-state index contributed by atoms with van der Waals surface area (Å²) in [6, 6.07) is 7.12. The quantitative estimate of drug-likeness (QED) is 0.865. The van der Waals surface area contributed by atoms with Crippen LogP contribution < -0.4 is 16.6 Å². The van der Waals surface area contributed by atoms with Crippen LogP contribution in [-0.4, -0.2) is 15.5 Å². The maximum Gasteiger partial charge on any atom is 0.328 e. The van der Waals surface area contributed by atoms with E-state index in [0.29, 0.717) is 5.92 Å². The summed E-state index contributed by atoms with van der Waals surface area (Å²) in [5.41, 5.74) is -0.269. The van der Waals surface area contributed by atoms with E-state index in [2.05, 4.69) is 10.3 Å². The predicted octanol–water partition coefficient (Wildman–Crippen LogP) is 1.72. The van der Waals surface area contributed by atoms with Crippen molar-refractivity contribution in [1.82, 2.24) is 14.9 Å². The first kappa shape index (κ1) is 17.1. The van der Waals surface area contributed by atoms with Crippen LogP contribution in [0, 0.1) is 11.7 Å². The predicted molar refractivity (Wildman–Crippen MR) is 90.6 cm³/mol. The molecule has 1 amide bonds. The Morgan fingerprint density at radius 1 is 1.20 bits per heavy atom. The van der Waals surface area contributed by atoms with Crippen molar-refractivity contribution >= 4 is 5.91 Å². The van der Waals surface area contributed by atoms with E-state index in [1.54, 1.807) is 12.1 Å². The number of aromatic nitrogens is 2. The van der Waals surface area contributed by atoms with Crippen LogP contribution in [0.25, 0.3) is 0 Å². The van der Waals surface area contributed by atoms with Crippen LogP contribution in [0.15, 0.2) is 46.1 Å². The van der Waals surface area contributed by atoms with Gasteiger partial charge in [-0.1, -0.05) is 25.0 Å². The lowest BCUT2D eigenvalue weighted by Crippen LogP contribution is -2.38. The standard InChI is InChI=1S/C18H20FN3O3/c19-14-7-5-13(6-8-14)17(12-3-1-2-4-12)20-16(24)11-22-10-9-15(23)21-18(22)25/h5-10,12,17H,1-4,11H2,(H,20,24)(H,21,23,25)/t17-/m0/s1. The molecule has 1 heterocycles. The van der Waals surface area contributed by atoms with E-state index in [-0.39, 0.29) is 24.3 Å². The van der Waals surface area contributed by atoms with Crippen molar-refractivity contribution in [3.63, 3.8) is 0 Å². The first-order valence-electron chi connectivity index (χ1n) is 8.37.